The highest BCUT2D eigenvalue weighted by Gasteiger charge is 2.61. The van der Waals surface area contributed by atoms with Gasteiger partial charge in [0.05, 0.1) is 11.5 Å². The number of rotatable bonds is 6. The molecule has 28 heavy (non-hydrogen) atoms. The Hall–Kier alpha value is -1.46. The van der Waals surface area contributed by atoms with Crippen LogP contribution in [0.2, 0.25) is 0 Å². The molecule has 1 aromatic carbocycles. The van der Waals surface area contributed by atoms with Gasteiger partial charge in [-0.05, 0) is 61.0 Å². The van der Waals surface area contributed by atoms with Crippen LogP contribution in [0.15, 0.2) is 41.3 Å². The van der Waals surface area contributed by atoms with E-state index in [2.05, 4.69) is 32.9 Å². The van der Waals surface area contributed by atoms with Crippen molar-refractivity contribution in [3.05, 3.63) is 42.0 Å². The molecule has 0 aromatic heterocycles. The molecular weight excluding hydrogens is 372 g/mol. The summed E-state index contributed by atoms with van der Waals surface area (Å²) in [6, 6.07) is 6.71. The number of Topliss-reactive ketones (excluding diaryl/α,β-unsaturated/α-hetero) is 1. The summed E-state index contributed by atoms with van der Waals surface area (Å²) in [6.07, 6.45) is 6.27. The van der Waals surface area contributed by atoms with Gasteiger partial charge in [0.2, 0.25) is 0 Å². The topological polar surface area (TPSA) is 60.4 Å². The molecule has 4 nitrogen and oxygen atoms in total. The lowest BCUT2D eigenvalue weighted by Gasteiger charge is -2.39. The van der Waals surface area contributed by atoms with Crippen LogP contribution in [0.4, 0.5) is 0 Å². The first-order chi connectivity index (χ1) is 13.1. The molecule has 3 aliphatic carbocycles. The molecule has 0 spiro atoms. The Kier molecular flexibility index (Phi) is 4.82. The maximum absolute atomic E-state index is 12.9. The zero-order valence-electron chi connectivity index (χ0n) is 17.1. The fourth-order valence-corrected chi connectivity index (χ4v) is 7.02. The molecule has 152 valence electrons. The van der Waals surface area contributed by atoms with Gasteiger partial charge in [-0.3, -0.25) is 8.98 Å². The number of ketones is 1. The van der Waals surface area contributed by atoms with E-state index < -0.39 is 10.1 Å². The van der Waals surface area contributed by atoms with Crippen LogP contribution < -0.4 is 0 Å². The van der Waals surface area contributed by atoms with Crippen LogP contribution in [0.25, 0.3) is 0 Å². The normalized spacial score (nSPS) is 34.2. The maximum atomic E-state index is 12.9. The van der Waals surface area contributed by atoms with Crippen molar-refractivity contribution in [2.75, 3.05) is 6.61 Å². The predicted molar refractivity (Wildman–Crippen MR) is 108 cm³/mol. The quantitative estimate of drug-likeness (QED) is 0.523. The molecule has 1 unspecified atom stereocenters. The van der Waals surface area contributed by atoms with Crippen LogP contribution in [-0.4, -0.2) is 20.8 Å². The highest BCUT2D eigenvalue weighted by molar-refractivity contribution is 7.86. The molecule has 3 aliphatic rings. The van der Waals surface area contributed by atoms with E-state index in [4.69, 9.17) is 4.18 Å². The summed E-state index contributed by atoms with van der Waals surface area (Å²) in [7, 11) is -3.75. The molecule has 2 fully saturated rings. The monoisotopic (exact) mass is 402 g/mol. The number of fused-ring (bicyclic) bond motifs is 5. The molecule has 0 heterocycles. The lowest BCUT2D eigenvalue weighted by molar-refractivity contribution is -0.125. The zero-order chi connectivity index (χ0) is 20.3. The summed E-state index contributed by atoms with van der Waals surface area (Å²) in [5, 5.41) is 0. The Balaban J connectivity index is 1.45. The van der Waals surface area contributed by atoms with E-state index in [1.807, 2.05) is 6.92 Å². The van der Waals surface area contributed by atoms with Crippen LogP contribution in [0.1, 0.15) is 39.2 Å². The minimum absolute atomic E-state index is 0.0314. The third kappa shape index (κ3) is 3.17. The summed E-state index contributed by atoms with van der Waals surface area (Å²) in [6.45, 7) is 8.46. The molecular formula is C23H30O4S. The smallest absolute Gasteiger partial charge is 0.296 e. The van der Waals surface area contributed by atoms with Crippen molar-refractivity contribution in [3.8, 4) is 0 Å². The van der Waals surface area contributed by atoms with E-state index in [-0.39, 0.29) is 34.7 Å². The number of hydrogen-bond donors (Lipinski definition) is 0. The van der Waals surface area contributed by atoms with Crippen molar-refractivity contribution in [1.29, 1.82) is 0 Å². The van der Waals surface area contributed by atoms with Crippen molar-refractivity contribution in [2.24, 2.45) is 40.9 Å². The molecule has 0 N–H and O–H groups in total. The van der Waals surface area contributed by atoms with Gasteiger partial charge in [0.1, 0.15) is 5.78 Å². The second kappa shape index (κ2) is 6.81. The second-order valence-electron chi connectivity index (χ2n) is 9.60. The van der Waals surface area contributed by atoms with E-state index in [9.17, 15) is 13.2 Å². The Morgan fingerprint density at radius 1 is 1.11 bits per heavy atom. The number of aryl methyl sites for hydroxylation is 1. The summed E-state index contributed by atoms with van der Waals surface area (Å²) in [5.41, 5.74) is 0.852. The lowest BCUT2D eigenvalue weighted by Crippen LogP contribution is -2.35. The molecule has 5 heteroatoms. The third-order valence-electron chi connectivity index (χ3n) is 7.45. The first-order valence-electron chi connectivity index (χ1n) is 10.3. The molecule has 1 aromatic rings. The van der Waals surface area contributed by atoms with Crippen LogP contribution in [0.3, 0.4) is 0 Å². The van der Waals surface area contributed by atoms with E-state index in [1.54, 1.807) is 24.3 Å². The largest absolute Gasteiger partial charge is 0.299 e. The van der Waals surface area contributed by atoms with Crippen LogP contribution >= 0.6 is 0 Å². The van der Waals surface area contributed by atoms with Crippen LogP contribution in [-0.2, 0) is 19.1 Å². The number of hydrogen-bond acceptors (Lipinski definition) is 4. The van der Waals surface area contributed by atoms with Crippen molar-refractivity contribution in [2.45, 2.75) is 45.4 Å². The second-order valence-corrected chi connectivity index (χ2v) is 11.2. The van der Waals surface area contributed by atoms with Gasteiger partial charge in [-0.1, -0.05) is 50.6 Å². The predicted octanol–water partition coefficient (Wildman–Crippen LogP) is 4.39. The molecule has 0 aliphatic heterocycles. The third-order valence-corrected chi connectivity index (χ3v) is 8.77. The summed E-state index contributed by atoms with van der Waals surface area (Å²) >= 11 is 0. The van der Waals surface area contributed by atoms with Crippen molar-refractivity contribution in [3.63, 3.8) is 0 Å². The van der Waals surface area contributed by atoms with Crippen molar-refractivity contribution < 1.29 is 17.4 Å². The molecule has 6 atom stereocenters. The standard InChI is InChI=1S/C23H30O4S/c1-14-5-9-18(10-6-14)28(25,26)27-12-11-23(3,4)21-15(2)22(24)20-17-8-7-16(13-17)19(20)21/h5-10,15-17,19-21H,11-13H2,1-4H3/t15?,16-,17+,19-,20+,21-/m0/s1. The fraction of sp³-hybridized carbons (Fsp3) is 0.609. The van der Waals surface area contributed by atoms with Gasteiger partial charge in [0, 0.05) is 11.8 Å². The average Bonchev–Trinajstić information content (AvgIpc) is 3.29. The fourth-order valence-electron chi connectivity index (χ4n) is 6.12. The summed E-state index contributed by atoms with van der Waals surface area (Å²) < 4.78 is 30.3. The van der Waals surface area contributed by atoms with Gasteiger partial charge in [0.25, 0.3) is 10.1 Å². The van der Waals surface area contributed by atoms with Gasteiger partial charge in [-0.15, -0.1) is 0 Å². The molecule has 0 saturated heterocycles. The molecule has 0 radical (unpaired) electrons. The van der Waals surface area contributed by atoms with Gasteiger partial charge < -0.3 is 0 Å². The molecule has 0 amide bonds. The highest BCUT2D eigenvalue weighted by atomic mass is 32.2. The summed E-state index contributed by atoms with van der Waals surface area (Å²) in [4.78, 5) is 13.1. The van der Waals surface area contributed by atoms with Crippen molar-refractivity contribution in [1.82, 2.24) is 0 Å². The highest BCUT2D eigenvalue weighted by Crippen LogP contribution is 2.62. The number of carbonyl (C=O) groups is 1. The van der Waals surface area contributed by atoms with Gasteiger partial charge >= 0.3 is 0 Å². The Bertz CT molecular complexity index is 897. The van der Waals surface area contributed by atoms with E-state index in [0.29, 0.717) is 30.0 Å². The van der Waals surface area contributed by atoms with Crippen LogP contribution in [0.5, 0.6) is 0 Å². The molecule has 2 bridgehead atoms. The lowest BCUT2D eigenvalue weighted by atomic mass is 9.65. The van der Waals surface area contributed by atoms with Gasteiger partial charge in [0.15, 0.2) is 0 Å². The van der Waals surface area contributed by atoms with Gasteiger partial charge in [-0.2, -0.15) is 8.42 Å². The zero-order valence-corrected chi connectivity index (χ0v) is 17.9. The number of carbonyl (C=O) groups excluding carboxylic acids is 1. The van der Waals surface area contributed by atoms with Crippen LogP contribution in [0, 0.1) is 47.8 Å². The van der Waals surface area contributed by atoms with Crippen molar-refractivity contribution >= 4 is 15.9 Å². The SMILES string of the molecule is Cc1ccc(S(=O)(=O)OCCC(C)(C)[C@H]2C(C)C(=O)[C@H]3[C@@H]2[C@H]2C=C[C@@H]3C2)cc1. The van der Waals surface area contributed by atoms with E-state index in [0.717, 1.165) is 12.0 Å². The Morgan fingerprint density at radius 3 is 2.43 bits per heavy atom. The molecule has 4 rings (SSSR count). The Labute approximate surface area is 168 Å². The molecule has 2 saturated carbocycles. The van der Waals surface area contributed by atoms with Gasteiger partial charge in [-0.25, -0.2) is 0 Å². The average molecular weight is 403 g/mol. The number of benzene rings is 1. The van der Waals surface area contributed by atoms with E-state index >= 15 is 0 Å². The first kappa shape index (κ1) is 19.8. The minimum Gasteiger partial charge on any atom is -0.299 e. The minimum atomic E-state index is -3.75. The number of allylic oxidation sites excluding steroid dienone is 2. The summed E-state index contributed by atoms with van der Waals surface area (Å²) in [5.74, 6) is 2.22. The van der Waals surface area contributed by atoms with E-state index in [1.165, 1.54) is 0 Å². The maximum Gasteiger partial charge on any atom is 0.296 e. The Morgan fingerprint density at radius 2 is 1.75 bits per heavy atom. The first-order valence-corrected chi connectivity index (χ1v) is 11.7.